The monoisotopic (exact) mass is 276 g/mol. The molecule has 1 aromatic rings. The fourth-order valence-corrected chi connectivity index (χ4v) is 2.49. The lowest BCUT2D eigenvalue weighted by atomic mass is 9.97. The van der Waals surface area contributed by atoms with E-state index in [-0.39, 0.29) is 17.8 Å². The number of carbonyl (C=O) groups excluding carboxylic acids is 2. The van der Waals surface area contributed by atoms with Gasteiger partial charge in [-0.1, -0.05) is 0 Å². The maximum absolute atomic E-state index is 12.5. The van der Waals surface area contributed by atoms with Crippen molar-refractivity contribution in [2.75, 3.05) is 19.7 Å². The summed E-state index contributed by atoms with van der Waals surface area (Å²) in [5.74, 6) is -0.456. The highest BCUT2D eigenvalue weighted by atomic mass is 16.5. The van der Waals surface area contributed by atoms with Crippen LogP contribution in [0.15, 0.2) is 18.3 Å². The predicted molar refractivity (Wildman–Crippen MR) is 74.2 cm³/mol. The summed E-state index contributed by atoms with van der Waals surface area (Å²) in [4.78, 5) is 30.1. The van der Waals surface area contributed by atoms with Crippen molar-refractivity contribution >= 4 is 11.9 Å². The zero-order chi connectivity index (χ0) is 14.5. The number of aromatic nitrogens is 1. The molecule has 0 unspecified atom stereocenters. The van der Waals surface area contributed by atoms with Crippen LogP contribution in [0.4, 0.5) is 0 Å². The quantitative estimate of drug-likeness (QED) is 0.790. The first-order chi connectivity index (χ1) is 9.63. The van der Waals surface area contributed by atoms with E-state index >= 15 is 0 Å². The van der Waals surface area contributed by atoms with Crippen LogP contribution in [0.3, 0.4) is 0 Å². The van der Waals surface area contributed by atoms with E-state index in [0.717, 1.165) is 18.5 Å². The second-order valence-corrected chi connectivity index (χ2v) is 4.98. The zero-order valence-corrected chi connectivity index (χ0v) is 12.0. The summed E-state index contributed by atoms with van der Waals surface area (Å²) >= 11 is 0. The van der Waals surface area contributed by atoms with Crippen LogP contribution in [0.5, 0.6) is 0 Å². The minimum Gasteiger partial charge on any atom is -0.466 e. The predicted octanol–water partition coefficient (Wildman–Crippen LogP) is 1.81. The number of rotatable bonds is 3. The van der Waals surface area contributed by atoms with Crippen LogP contribution in [0, 0.1) is 12.8 Å². The maximum Gasteiger partial charge on any atom is 0.310 e. The van der Waals surface area contributed by atoms with Gasteiger partial charge in [-0.3, -0.25) is 14.6 Å². The van der Waals surface area contributed by atoms with Crippen LogP contribution >= 0.6 is 0 Å². The molecule has 1 aromatic heterocycles. The van der Waals surface area contributed by atoms with Crippen molar-refractivity contribution in [1.29, 1.82) is 0 Å². The van der Waals surface area contributed by atoms with E-state index in [1.165, 1.54) is 0 Å². The molecular weight excluding hydrogens is 256 g/mol. The molecule has 0 radical (unpaired) electrons. The van der Waals surface area contributed by atoms with Crippen molar-refractivity contribution in [1.82, 2.24) is 9.88 Å². The lowest BCUT2D eigenvalue weighted by Gasteiger charge is -2.31. The average molecular weight is 276 g/mol. The molecule has 1 fully saturated rings. The summed E-state index contributed by atoms with van der Waals surface area (Å²) < 4.78 is 5.05. The Morgan fingerprint density at radius 1 is 1.50 bits per heavy atom. The number of carbonyl (C=O) groups is 2. The Labute approximate surface area is 118 Å². The number of esters is 1. The maximum atomic E-state index is 12.5. The molecule has 0 spiro atoms. The molecule has 5 nitrogen and oxygen atoms in total. The van der Waals surface area contributed by atoms with Gasteiger partial charge in [-0.05, 0) is 38.8 Å². The van der Waals surface area contributed by atoms with Gasteiger partial charge in [-0.15, -0.1) is 0 Å². The van der Waals surface area contributed by atoms with E-state index in [2.05, 4.69) is 4.98 Å². The molecule has 1 amide bonds. The molecular formula is C15H20N2O3. The third kappa shape index (κ3) is 3.15. The summed E-state index contributed by atoms with van der Waals surface area (Å²) in [7, 11) is 0. The highest BCUT2D eigenvalue weighted by molar-refractivity contribution is 5.95. The summed E-state index contributed by atoms with van der Waals surface area (Å²) in [5, 5.41) is 0. The Morgan fingerprint density at radius 3 is 3.00 bits per heavy atom. The summed E-state index contributed by atoms with van der Waals surface area (Å²) in [5.41, 5.74) is 1.33. The van der Waals surface area contributed by atoms with Gasteiger partial charge in [0, 0.05) is 25.0 Å². The van der Waals surface area contributed by atoms with E-state index in [4.69, 9.17) is 4.74 Å². The molecule has 1 aliphatic rings. The first-order valence-corrected chi connectivity index (χ1v) is 7.01. The molecule has 0 N–H and O–H groups in total. The number of pyridine rings is 1. The first-order valence-electron chi connectivity index (χ1n) is 7.01. The van der Waals surface area contributed by atoms with E-state index in [1.54, 1.807) is 30.2 Å². The number of nitrogens with zero attached hydrogens (tertiary/aromatic N) is 2. The molecule has 1 saturated heterocycles. The topological polar surface area (TPSA) is 59.5 Å². The fourth-order valence-electron chi connectivity index (χ4n) is 2.49. The molecule has 0 aromatic carbocycles. The molecule has 2 rings (SSSR count). The molecule has 1 aliphatic heterocycles. The van der Waals surface area contributed by atoms with Gasteiger partial charge in [0.25, 0.3) is 5.91 Å². The molecule has 2 heterocycles. The molecule has 0 saturated carbocycles. The van der Waals surface area contributed by atoms with Crippen molar-refractivity contribution < 1.29 is 14.3 Å². The van der Waals surface area contributed by atoms with Crippen LogP contribution in [0.25, 0.3) is 0 Å². The Morgan fingerprint density at radius 2 is 2.30 bits per heavy atom. The highest BCUT2D eigenvalue weighted by Gasteiger charge is 2.30. The molecule has 1 atom stereocenters. The van der Waals surface area contributed by atoms with Gasteiger partial charge in [0.15, 0.2) is 0 Å². The van der Waals surface area contributed by atoms with Crippen LogP contribution in [-0.2, 0) is 9.53 Å². The second-order valence-electron chi connectivity index (χ2n) is 4.98. The first kappa shape index (κ1) is 14.5. The van der Waals surface area contributed by atoms with Gasteiger partial charge in [0.2, 0.25) is 0 Å². The smallest absolute Gasteiger partial charge is 0.310 e. The van der Waals surface area contributed by atoms with Gasteiger partial charge in [-0.2, -0.15) is 0 Å². The number of hydrogen-bond donors (Lipinski definition) is 0. The number of hydrogen-bond acceptors (Lipinski definition) is 4. The lowest BCUT2D eigenvalue weighted by Crippen LogP contribution is -2.43. The minimum atomic E-state index is -0.204. The largest absolute Gasteiger partial charge is 0.466 e. The molecule has 0 aliphatic carbocycles. The Bertz CT molecular complexity index is 502. The SMILES string of the molecule is CCOC(=O)[C@H]1CCCN(C(=O)c2cccnc2C)C1. The molecule has 20 heavy (non-hydrogen) atoms. The van der Waals surface area contributed by atoms with Crippen molar-refractivity contribution in [2.24, 2.45) is 5.92 Å². The van der Waals surface area contributed by atoms with Crippen LogP contribution < -0.4 is 0 Å². The van der Waals surface area contributed by atoms with Crippen molar-refractivity contribution in [3.05, 3.63) is 29.6 Å². The zero-order valence-electron chi connectivity index (χ0n) is 12.0. The summed E-state index contributed by atoms with van der Waals surface area (Å²) in [6.45, 7) is 5.11. The number of ether oxygens (including phenoxy) is 1. The Balaban J connectivity index is 2.07. The number of piperidine rings is 1. The normalized spacial score (nSPS) is 18.7. The average Bonchev–Trinajstić information content (AvgIpc) is 2.47. The van der Waals surface area contributed by atoms with Gasteiger partial charge in [0.1, 0.15) is 0 Å². The van der Waals surface area contributed by atoms with Crippen LogP contribution in [-0.4, -0.2) is 41.5 Å². The third-order valence-corrected chi connectivity index (χ3v) is 3.57. The third-order valence-electron chi connectivity index (χ3n) is 3.57. The van der Waals surface area contributed by atoms with Crippen molar-refractivity contribution in [3.63, 3.8) is 0 Å². The van der Waals surface area contributed by atoms with Crippen LogP contribution in [0.2, 0.25) is 0 Å². The standard InChI is InChI=1S/C15H20N2O3/c1-3-20-15(19)12-6-5-9-17(10-12)14(18)13-7-4-8-16-11(13)2/h4,7-8,12H,3,5-6,9-10H2,1-2H3/t12-/m0/s1. The molecule has 108 valence electrons. The number of likely N-dealkylation sites (tertiary alicyclic amines) is 1. The Kier molecular flexibility index (Phi) is 4.71. The number of aryl methyl sites for hydroxylation is 1. The van der Waals surface area contributed by atoms with Gasteiger partial charge < -0.3 is 9.64 Å². The Hall–Kier alpha value is -1.91. The second kappa shape index (κ2) is 6.50. The van der Waals surface area contributed by atoms with E-state index in [9.17, 15) is 9.59 Å². The summed E-state index contributed by atoms with van der Waals surface area (Å²) in [6, 6.07) is 3.53. The minimum absolute atomic E-state index is 0.0513. The van der Waals surface area contributed by atoms with Gasteiger partial charge in [0.05, 0.1) is 18.1 Å². The highest BCUT2D eigenvalue weighted by Crippen LogP contribution is 2.20. The molecule has 5 heteroatoms. The van der Waals surface area contributed by atoms with E-state index < -0.39 is 0 Å². The molecule has 0 bridgehead atoms. The van der Waals surface area contributed by atoms with Crippen molar-refractivity contribution in [2.45, 2.75) is 26.7 Å². The summed E-state index contributed by atoms with van der Waals surface area (Å²) in [6.07, 6.45) is 3.28. The van der Waals surface area contributed by atoms with E-state index in [1.807, 2.05) is 6.92 Å². The fraction of sp³-hybridized carbons (Fsp3) is 0.533. The number of amides is 1. The van der Waals surface area contributed by atoms with Gasteiger partial charge >= 0.3 is 5.97 Å². The van der Waals surface area contributed by atoms with Gasteiger partial charge in [-0.25, -0.2) is 0 Å². The van der Waals surface area contributed by atoms with Crippen molar-refractivity contribution in [3.8, 4) is 0 Å². The van der Waals surface area contributed by atoms with E-state index in [0.29, 0.717) is 25.3 Å². The lowest BCUT2D eigenvalue weighted by molar-refractivity contribution is -0.149. The van der Waals surface area contributed by atoms with Crippen LogP contribution in [0.1, 0.15) is 35.8 Å².